The molecule has 196 valence electrons. The molecule has 0 spiro atoms. The number of nitrogen functional groups attached to an aromatic ring is 1. The van der Waals surface area contributed by atoms with Crippen LogP contribution < -0.4 is 15.4 Å². The first-order valence-electron chi connectivity index (χ1n) is 12.1. The number of aromatic nitrogens is 3. The Kier molecular flexibility index (Phi) is 8.11. The smallest absolute Gasteiger partial charge is 0.345 e. The molecule has 0 amide bonds. The minimum Gasteiger partial charge on any atom is -0.462 e. The molecule has 0 bridgehead atoms. The van der Waals surface area contributed by atoms with E-state index < -0.39 is 23.7 Å². The lowest BCUT2D eigenvalue weighted by atomic mass is 9.95. The molecule has 2 aliphatic rings. The lowest BCUT2D eigenvalue weighted by molar-refractivity contribution is 0.0525. The van der Waals surface area contributed by atoms with Gasteiger partial charge < -0.3 is 25.2 Å². The Balaban J connectivity index is 1.71. The third-order valence-electron chi connectivity index (χ3n) is 6.94. The van der Waals surface area contributed by atoms with E-state index in [1.165, 1.54) is 0 Å². The largest absolute Gasteiger partial charge is 0.462 e. The summed E-state index contributed by atoms with van der Waals surface area (Å²) in [4.78, 5) is 29.6. The summed E-state index contributed by atoms with van der Waals surface area (Å²) in [6, 6.07) is 3.08. The molecule has 12 heteroatoms. The highest BCUT2D eigenvalue weighted by Crippen LogP contribution is 2.41. The number of nitrogens with two attached hydrogens (primary N) is 1. The van der Waals surface area contributed by atoms with Gasteiger partial charge in [0.25, 0.3) is 0 Å². The van der Waals surface area contributed by atoms with Crippen LogP contribution in [0.25, 0.3) is 0 Å². The lowest BCUT2D eigenvalue weighted by Crippen LogP contribution is -2.43. The molecule has 2 aromatic rings. The quantitative estimate of drug-likeness (QED) is 0.355. The number of aliphatic hydroxyl groups is 1. The fourth-order valence-electron chi connectivity index (χ4n) is 5.24. The predicted octanol–water partition coefficient (Wildman–Crippen LogP) is 2.80. The topological polar surface area (TPSA) is 127 Å². The summed E-state index contributed by atoms with van der Waals surface area (Å²) in [7, 11) is 0. The summed E-state index contributed by atoms with van der Waals surface area (Å²) in [6.45, 7) is 4.95. The number of esters is 1. The molecule has 1 unspecified atom stereocenters. The zero-order valence-electron chi connectivity index (χ0n) is 20.5. The molecule has 2 aliphatic heterocycles. The Morgan fingerprint density at radius 1 is 1.47 bits per heavy atom. The van der Waals surface area contributed by atoms with Gasteiger partial charge in [0.05, 0.1) is 24.8 Å². The van der Waals surface area contributed by atoms with Crippen molar-refractivity contribution in [1.29, 1.82) is 0 Å². The SMILES string of the molecule is CCOC(=O)c1c(Cl)nc(OC[C@@]23CCCN2C[C@H](F)C3)nc1N(CCO)C(C)c1cccnc1N. The van der Waals surface area contributed by atoms with E-state index in [9.17, 15) is 14.3 Å². The molecule has 3 N–H and O–H groups in total. The van der Waals surface area contributed by atoms with Crippen LogP contribution in [-0.4, -0.2) is 82.1 Å². The van der Waals surface area contributed by atoms with Crippen LogP contribution >= 0.6 is 11.6 Å². The van der Waals surface area contributed by atoms with E-state index in [-0.39, 0.29) is 48.9 Å². The average molecular weight is 523 g/mol. The molecule has 0 saturated carbocycles. The van der Waals surface area contributed by atoms with Gasteiger partial charge in [-0.25, -0.2) is 14.2 Å². The van der Waals surface area contributed by atoms with Crippen LogP contribution in [0.1, 0.15) is 55.1 Å². The highest BCUT2D eigenvalue weighted by atomic mass is 35.5. The second-order valence-electron chi connectivity index (χ2n) is 9.15. The van der Waals surface area contributed by atoms with Crippen LogP contribution in [0, 0.1) is 0 Å². The Morgan fingerprint density at radius 3 is 3.00 bits per heavy atom. The van der Waals surface area contributed by atoms with Crippen LogP contribution in [0.15, 0.2) is 18.3 Å². The summed E-state index contributed by atoms with van der Waals surface area (Å²) >= 11 is 6.49. The van der Waals surface area contributed by atoms with Gasteiger partial charge in [-0.2, -0.15) is 9.97 Å². The number of nitrogens with zero attached hydrogens (tertiary/aromatic N) is 5. The number of pyridine rings is 1. The third-order valence-corrected chi connectivity index (χ3v) is 7.21. The van der Waals surface area contributed by atoms with E-state index in [4.69, 9.17) is 26.8 Å². The number of fused-ring (bicyclic) bond motifs is 1. The Morgan fingerprint density at radius 2 is 2.28 bits per heavy atom. The van der Waals surface area contributed by atoms with Gasteiger partial charge in [-0.3, -0.25) is 4.90 Å². The maximum Gasteiger partial charge on any atom is 0.345 e. The first-order chi connectivity index (χ1) is 17.3. The molecule has 10 nitrogen and oxygen atoms in total. The minimum absolute atomic E-state index is 0.0409. The van der Waals surface area contributed by atoms with Gasteiger partial charge >= 0.3 is 12.0 Å². The van der Waals surface area contributed by atoms with Crippen molar-refractivity contribution in [3.63, 3.8) is 0 Å². The molecule has 4 rings (SSSR count). The van der Waals surface area contributed by atoms with E-state index in [0.29, 0.717) is 24.3 Å². The predicted molar refractivity (Wildman–Crippen MR) is 133 cm³/mol. The summed E-state index contributed by atoms with van der Waals surface area (Å²) in [5.41, 5.74) is 6.34. The number of hydrogen-bond acceptors (Lipinski definition) is 10. The summed E-state index contributed by atoms with van der Waals surface area (Å²) in [6.07, 6.45) is 2.87. The second kappa shape index (κ2) is 11.1. The van der Waals surface area contributed by atoms with E-state index >= 15 is 0 Å². The molecule has 2 aromatic heterocycles. The van der Waals surface area contributed by atoms with Crippen molar-refractivity contribution in [1.82, 2.24) is 19.9 Å². The fourth-order valence-corrected chi connectivity index (χ4v) is 5.48. The van der Waals surface area contributed by atoms with Gasteiger partial charge in [0.1, 0.15) is 24.2 Å². The Hall–Kier alpha value is -2.76. The normalized spacial score (nSPS) is 22.3. The van der Waals surface area contributed by atoms with Crippen molar-refractivity contribution < 1.29 is 23.8 Å². The van der Waals surface area contributed by atoms with Crippen molar-refractivity contribution in [2.24, 2.45) is 0 Å². The van der Waals surface area contributed by atoms with E-state index in [1.807, 2.05) is 13.0 Å². The number of rotatable bonds is 10. The van der Waals surface area contributed by atoms with Crippen molar-refractivity contribution in [3.05, 3.63) is 34.6 Å². The number of ether oxygens (including phenoxy) is 2. The molecule has 0 aliphatic carbocycles. The molecule has 2 saturated heterocycles. The molecule has 0 radical (unpaired) electrons. The van der Waals surface area contributed by atoms with Crippen LogP contribution in [0.3, 0.4) is 0 Å². The molecule has 4 heterocycles. The minimum atomic E-state index is -0.897. The highest BCUT2D eigenvalue weighted by Gasteiger charge is 2.49. The van der Waals surface area contributed by atoms with Gasteiger partial charge in [-0.1, -0.05) is 17.7 Å². The first-order valence-corrected chi connectivity index (χ1v) is 12.5. The lowest BCUT2D eigenvalue weighted by Gasteiger charge is -2.33. The van der Waals surface area contributed by atoms with E-state index in [1.54, 1.807) is 24.1 Å². The molecule has 0 aromatic carbocycles. The number of aliphatic hydroxyl groups excluding tert-OH is 1. The fraction of sp³-hybridized carbons (Fsp3) is 0.583. The molecule has 2 fully saturated rings. The van der Waals surface area contributed by atoms with Crippen molar-refractivity contribution >= 4 is 29.2 Å². The number of anilines is 2. The molecule has 3 atom stereocenters. The maximum absolute atomic E-state index is 14.2. The highest BCUT2D eigenvalue weighted by molar-refractivity contribution is 6.33. The van der Waals surface area contributed by atoms with Crippen LogP contribution in [0.4, 0.5) is 16.0 Å². The standard InChI is InChI=1S/C24H32ClFN6O4/c1-3-35-22(34)18-19(25)29-23(36-14-24-7-5-9-31(24)13-16(26)12-24)30-21(18)32(10-11-33)15(2)17-6-4-8-28-20(17)27/h4,6,8,15-16,33H,3,5,7,9-14H2,1-2H3,(H2,27,28)/t15?,16-,24+/m1/s1. The number of halogens is 2. The van der Waals surface area contributed by atoms with Gasteiger partial charge in [-0.05, 0) is 39.3 Å². The van der Waals surface area contributed by atoms with Gasteiger partial charge in [0.2, 0.25) is 0 Å². The molecule has 36 heavy (non-hydrogen) atoms. The Bertz CT molecular complexity index is 1090. The molecular weight excluding hydrogens is 491 g/mol. The number of carbonyl (C=O) groups excluding carboxylic acids is 1. The number of hydrogen-bond donors (Lipinski definition) is 2. The van der Waals surface area contributed by atoms with Crippen molar-refractivity contribution in [2.75, 3.05) is 50.1 Å². The number of carbonyl (C=O) groups is 1. The van der Waals surface area contributed by atoms with Crippen molar-refractivity contribution in [3.8, 4) is 6.01 Å². The monoisotopic (exact) mass is 522 g/mol. The summed E-state index contributed by atoms with van der Waals surface area (Å²) in [5.74, 6) is -0.247. The second-order valence-corrected chi connectivity index (χ2v) is 9.51. The zero-order chi connectivity index (χ0) is 25.9. The summed E-state index contributed by atoms with van der Waals surface area (Å²) in [5, 5.41) is 9.71. The Labute approximate surface area is 214 Å². The van der Waals surface area contributed by atoms with E-state index in [2.05, 4.69) is 19.9 Å². The zero-order valence-corrected chi connectivity index (χ0v) is 21.2. The van der Waals surface area contributed by atoms with Gasteiger partial charge in [0.15, 0.2) is 11.0 Å². The van der Waals surface area contributed by atoms with Crippen LogP contribution in [0.2, 0.25) is 5.15 Å². The molecular formula is C24H32ClFN6O4. The van der Waals surface area contributed by atoms with Crippen LogP contribution in [0.5, 0.6) is 6.01 Å². The first kappa shape index (κ1) is 26.3. The third kappa shape index (κ3) is 5.18. The van der Waals surface area contributed by atoms with Crippen LogP contribution in [-0.2, 0) is 4.74 Å². The average Bonchev–Trinajstić information content (AvgIpc) is 3.36. The van der Waals surface area contributed by atoms with Gasteiger partial charge in [0, 0.05) is 31.3 Å². The summed E-state index contributed by atoms with van der Waals surface area (Å²) < 4.78 is 25.4. The van der Waals surface area contributed by atoms with E-state index in [0.717, 1.165) is 19.4 Å². The van der Waals surface area contributed by atoms with Gasteiger partial charge in [-0.15, -0.1) is 0 Å². The van der Waals surface area contributed by atoms with Crippen molar-refractivity contribution in [2.45, 2.75) is 50.9 Å². The maximum atomic E-state index is 14.2. The number of alkyl halides is 1.